The fourth-order valence-electron chi connectivity index (χ4n) is 4.04. The number of hydrogen-bond donors (Lipinski definition) is 2. The zero-order valence-electron chi connectivity index (χ0n) is 18.3. The molecule has 1 aliphatic rings. The van der Waals surface area contributed by atoms with E-state index in [0.29, 0.717) is 17.1 Å². The SMILES string of the molecule is Cc1nn(C(C)(C)C)c(C)c1S(=O)(=O)Nc1ccc(N2CCC(C(N)=O)CC2)cc1. The van der Waals surface area contributed by atoms with Crippen LogP contribution in [0.4, 0.5) is 11.4 Å². The van der Waals surface area contributed by atoms with E-state index >= 15 is 0 Å². The van der Waals surface area contributed by atoms with Crippen molar-refractivity contribution in [3.8, 4) is 0 Å². The quantitative estimate of drug-likeness (QED) is 0.753. The second-order valence-corrected chi connectivity index (χ2v) is 10.5. The highest BCUT2D eigenvalue weighted by atomic mass is 32.2. The van der Waals surface area contributed by atoms with Gasteiger partial charge in [-0.1, -0.05) is 0 Å². The number of rotatable bonds is 5. The molecule has 0 saturated carbocycles. The number of anilines is 2. The number of piperidine rings is 1. The molecule has 1 fully saturated rings. The van der Waals surface area contributed by atoms with Gasteiger partial charge in [0.1, 0.15) is 4.90 Å². The topological polar surface area (TPSA) is 110 Å². The molecule has 0 radical (unpaired) electrons. The van der Waals surface area contributed by atoms with Crippen LogP contribution in [-0.4, -0.2) is 37.2 Å². The summed E-state index contributed by atoms with van der Waals surface area (Å²) < 4.78 is 30.5. The molecule has 0 aliphatic carbocycles. The number of aryl methyl sites for hydroxylation is 1. The first-order valence-electron chi connectivity index (χ1n) is 10.1. The fraction of sp³-hybridized carbons (Fsp3) is 0.524. The van der Waals surface area contributed by atoms with E-state index < -0.39 is 10.0 Å². The maximum atomic E-state index is 13.1. The highest BCUT2D eigenvalue weighted by Crippen LogP contribution is 2.28. The third kappa shape index (κ3) is 4.45. The van der Waals surface area contributed by atoms with Gasteiger partial charge in [0.05, 0.1) is 16.9 Å². The van der Waals surface area contributed by atoms with Gasteiger partial charge in [0.2, 0.25) is 5.91 Å². The van der Waals surface area contributed by atoms with Gasteiger partial charge in [0.15, 0.2) is 0 Å². The van der Waals surface area contributed by atoms with Crippen molar-refractivity contribution in [3.63, 3.8) is 0 Å². The van der Waals surface area contributed by atoms with Gasteiger partial charge in [0.25, 0.3) is 10.0 Å². The minimum absolute atomic E-state index is 0.0622. The average molecular weight is 434 g/mol. The maximum Gasteiger partial charge on any atom is 0.265 e. The van der Waals surface area contributed by atoms with Gasteiger partial charge in [-0.3, -0.25) is 14.2 Å². The number of benzene rings is 1. The van der Waals surface area contributed by atoms with Gasteiger partial charge in [-0.05, 0) is 71.7 Å². The molecule has 3 N–H and O–H groups in total. The first-order chi connectivity index (χ1) is 13.9. The third-order valence-corrected chi connectivity index (χ3v) is 7.14. The van der Waals surface area contributed by atoms with Gasteiger partial charge in [-0.15, -0.1) is 0 Å². The summed E-state index contributed by atoms with van der Waals surface area (Å²) in [6.07, 6.45) is 1.47. The largest absolute Gasteiger partial charge is 0.371 e. The van der Waals surface area contributed by atoms with Crippen LogP contribution in [0.25, 0.3) is 0 Å². The van der Waals surface area contributed by atoms with E-state index in [1.54, 1.807) is 30.7 Å². The summed E-state index contributed by atoms with van der Waals surface area (Å²) in [6, 6.07) is 7.29. The summed E-state index contributed by atoms with van der Waals surface area (Å²) >= 11 is 0. The molecule has 30 heavy (non-hydrogen) atoms. The van der Waals surface area contributed by atoms with Gasteiger partial charge in [0, 0.05) is 30.4 Å². The molecular formula is C21H31N5O3S. The zero-order valence-corrected chi connectivity index (χ0v) is 19.1. The van der Waals surface area contributed by atoms with Crippen molar-refractivity contribution in [2.24, 2.45) is 11.7 Å². The summed E-state index contributed by atoms with van der Waals surface area (Å²) in [4.78, 5) is 13.7. The Balaban J connectivity index is 1.76. The molecule has 3 rings (SSSR count). The first-order valence-corrected chi connectivity index (χ1v) is 11.6. The lowest BCUT2D eigenvalue weighted by atomic mass is 9.96. The van der Waals surface area contributed by atoms with Crippen molar-refractivity contribution < 1.29 is 13.2 Å². The molecule has 2 heterocycles. The van der Waals surface area contributed by atoms with Crippen molar-refractivity contribution >= 4 is 27.3 Å². The average Bonchev–Trinajstić information content (AvgIpc) is 2.97. The zero-order chi connectivity index (χ0) is 22.3. The van der Waals surface area contributed by atoms with E-state index in [4.69, 9.17) is 5.73 Å². The lowest BCUT2D eigenvalue weighted by molar-refractivity contribution is -0.122. The molecule has 1 aromatic heterocycles. The van der Waals surface area contributed by atoms with Crippen molar-refractivity contribution in [2.75, 3.05) is 22.7 Å². The first kappa shape index (κ1) is 22.1. The Labute approximate surface area is 178 Å². The van der Waals surface area contributed by atoms with Gasteiger partial charge >= 0.3 is 0 Å². The van der Waals surface area contributed by atoms with E-state index in [1.165, 1.54) is 0 Å². The van der Waals surface area contributed by atoms with Crippen molar-refractivity contribution in [3.05, 3.63) is 35.7 Å². The van der Waals surface area contributed by atoms with Crippen LogP contribution in [-0.2, 0) is 20.4 Å². The Hall–Kier alpha value is -2.55. The Kier molecular flexibility index (Phi) is 5.86. The predicted molar refractivity (Wildman–Crippen MR) is 118 cm³/mol. The molecule has 0 spiro atoms. The van der Waals surface area contributed by atoms with Crippen molar-refractivity contribution in [1.29, 1.82) is 0 Å². The number of nitrogens with two attached hydrogens (primary N) is 1. The number of carbonyl (C=O) groups is 1. The van der Waals surface area contributed by atoms with E-state index in [1.807, 2.05) is 32.9 Å². The van der Waals surface area contributed by atoms with Crippen molar-refractivity contribution in [1.82, 2.24) is 9.78 Å². The Morgan fingerprint density at radius 3 is 2.17 bits per heavy atom. The molecule has 1 aromatic carbocycles. The smallest absolute Gasteiger partial charge is 0.265 e. The monoisotopic (exact) mass is 433 g/mol. The summed E-state index contributed by atoms with van der Waals surface area (Å²) in [5, 5.41) is 4.44. The summed E-state index contributed by atoms with van der Waals surface area (Å²) in [7, 11) is -3.77. The van der Waals surface area contributed by atoms with Crippen LogP contribution < -0.4 is 15.4 Å². The number of hydrogen-bond acceptors (Lipinski definition) is 5. The van der Waals surface area contributed by atoms with Crippen LogP contribution in [0.3, 0.4) is 0 Å². The van der Waals surface area contributed by atoms with Gasteiger partial charge in [-0.2, -0.15) is 5.10 Å². The third-order valence-electron chi connectivity index (χ3n) is 5.51. The second-order valence-electron chi connectivity index (χ2n) is 8.90. The number of amides is 1. The van der Waals surface area contributed by atoms with E-state index in [0.717, 1.165) is 31.6 Å². The fourth-order valence-corrected chi connectivity index (χ4v) is 5.49. The van der Waals surface area contributed by atoms with E-state index in [2.05, 4.69) is 14.7 Å². The van der Waals surface area contributed by atoms with Crippen LogP contribution in [0, 0.1) is 19.8 Å². The van der Waals surface area contributed by atoms with Gasteiger partial charge < -0.3 is 10.6 Å². The van der Waals surface area contributed by atoms with Crippen LogP contribution in [0.1, 0.15) is 45.0 Å². The number of primary amides is 1. The van der Waals surface area contributed by atoms with E-state index in [9.17, 15) is 13.2 Å². The second kappa shape index (κ2) is 7.94. The maximum absolute atomic E-state index is 13.1. The predicted octanol–water partition coefficient (Wildman–Crippen LogP) is 2.76. The van der Waals surface area contributed by atoms with Gasteiger partial charge in [-0.25, -0.2) is 8.42 Å². The summed E-state index contributed by atoms with van der Waals surface area (Å²) in [6.45, 7) is 11.0. The molecule has 0 atom stereocenters. The Morgan fingerprint density at radius 2 is 1.70 bits per heavy atom. The lowest BCUT2D eigenvalue weighted by Gasteiger charge is -2.32. The summed E-state index contributed by atoms with van der Waals surface area (Å²) in [5.41, 5.74) is 7.66. The van der Waals surface area contributed by atoms with Crippen LogP contribution in [0.2, 0.25) is 0 Å². The number of aromatic nitrogens is 2. The molecule has 164 valence electrons. The Bertz CT molecular complexity index is 1030. The number of nitrogens with one attached hydrogen (secondary N) is 1. The minimum atomic E-state index is -3.77. The van der Waals surface area contributed by atoms with E-state index in [-0.39, 0.29) is 22.3 Å². The Morgan fingerprint density at radius 1 is 1.13 bits per heavy atom. The normalized spacial score (nSPS) is 16.0. The molecule has 0 bridgehead atoms. The minimum Gasteiger partial charge on any atom is -0.371 e. The standard InChI is InChI=1S/C21H31N5O3S/c1-14-19(15(2)26(23-14)21(3,4)5)30(28,29)24-17-6-8-18(9-7-17)25-12-10-16(11-13-25)20(22)27/h6-9,16,24H,10-13H2,1-5H3,(H2,22,27). The molecular weight excluding hydrogens is 402 g/mol. The molecule has 1 aliphatic heterocycles. The molecule has 8 nitrogen and oxygen atoms in total. The lowest BCUT2D eigenvalue weighted by Crippen LogP contribution is -2.38. The molecule has 0 unspecified atom stereocenters. The molecule has 9 heteroatoms. The number of nitrogens with zero attached hydrogens (tertiary/aromatic N) is 3. The highest BCUT2D eigenvalue weighted by Gasteiger charge is 2.29. The van der Waals surface area contributed by atoms with Crippen LogP contribution in [0.15, 0.2) is 29.2 Å². The number of sulfonamides is 1. The molecule has 1 amide bonds. The van der Waals surface area contributed by atoms with Crippen LogP contribution >= 0.6 is 0 Å². The summed E-state index contributed by atoms with van der Waals surface area (Å²) in [5.74, 6) is -0.299. The number of carbonyl (C=O) groups excluding carboxylic acids is 1. The molecule has 1 saturated heterocycles. The molecule has 2 aromatic rings. The van der Waals surface area contributed by atoms with Crippen LogP contribution in [0.5, 0.6) is 0 Å². The van der Waals surface area contributed by atoms with Crippen molar-refractivity contribution in [2.45, 2.75) is 57.9 Å². The highest BCUT2D eigenvalue weighted by molar-refractivity contribution is 7.92.